The molecular formula is C16H18N2O7. The molecule has 9 heteroatoms. The van der Waals surface area contributed by atoms with Crippen molar-refractivity contribution in [3.05, 3.63) is 45.3 Å². The van der Waals surface area contributed by atoms with Gasteiger partial charge in [-0.1, -0.05) is 5.16 Å². The van der Waals surface area contributed by atoms with E-state index in [4.69, 9.17) is 18.7 Å². The Morgan fingerprint density at radius 3 is 2.64 bits per heavy atom. The number of esters is 1. The van der Waals surface area contributed by atoms with Crippen molar-refractivity contribution >= 4 is 11.7 Å². The highest BCUT2D eigenvalue weighted by atomic mass is 16.6. The second-order valence-electron chi connectivity index (χ2n) is 5.10. The average molecular weight is 350 g/mol. The van der Waals surface area contributed by atoms with Gasteiger partial charge in [0.05, 0.1) is 36.5 Å². The van der Waals surface area contributed by atoms with Gasteiger partial charge in [-0.05, 0) is 20.8 Å². The smallest absolute Gasteiger partial charge is 0.345 e. The van der Waals surface area contributed by atoms with Crippen molar-refractivity contribution in [1.29, 1.82) is 0 Å². The lowest BCUT2D eigenvalue weighted by atomic mass is 10.1. The maximum absolute atomic E-state index is 12.5. The van der Waals surface area contributed by atoms with E-state index in [0.717, 1.165) is 6.07 Å². The average Bonchev–Trinajstić information content (AvgIpc) is 3.00. The number of nitro groups is 1. The predicted octanol–water partition coefficient (Wildman–Crippen LogP) is 3.22. The zero-order valence-electron chi connectivity index (χ0n) is 14.3. The SMILES string of the molecule is CCOc1cc([N+](=O)[O-])c(C(=O)O[C@H](C)c2cnoc2C)cc1OC. The Hall–Kier alpha value is -3.10. The second-order valence-corrected chi connectivity index (χ2v) is 5.10. The van der Waals surface area contributed by atoms with E-state index in [2.05, 4.69) is 5.16 Å². The van der Waals surface area contributed by atoms with Crippen LogP contribution in [0.15, 0.2) is 22.9 Å². The topological polar surface area (TPSA) is 114 Å². The molecule has 0 unspecified atom stereocenters. The van der Waals surface area contributed by atoms with Crippen LogP contribution in [0.4, 0.5) is 5.69 Å². The summed E-state index contributed by atoms with van der Waals surface area (Å²) in [4.78, 5) is 23.1. The number of nitro benzene ring substituents is 1. The highest BCUT2D eigenvalue weighted by Crippen LogP contribution is 2.36. The Kier molecular flexibility index (Phi) is 5.58. The number of aromatic nitrogens is 1. The number of benzene rings is 1. The summed E-state index contributed by atoms with van der Waals surface area (Å²) in [5, 5.41) is 14.9. The van der Waals surface area contributed by atoms with E-state index in [1.54, 1.807) is 20.8 Å². The maximum atomic E-state index is 12.5. The van der Waals surface area contributed by atoms with Crippen LogP contribution >= 0.6 is 0 Å². The summed E-state index contributed by atoms with van der Waals surface area (Å²) in [5.74, 6) is 0.0182. The van der Waals surface area contributed by atoms with Crippen LogP contribution < -0.4 is 9.47 Å². The molecule has 1 aromatic carbocycles. The fourth-order valence-electron chi connectivity index (χ4n) is 2.28. The van der Waals surface area contributed by atoms with Gasteiger partial charge in [-0.3, -0.25) is 10.1 Å². The molecule has 134 valence electrons. The second kappa shape index (κ2) is 7.65. The first-order chi connectivity index (χ1) is 11.9. The first-order valence-corrected chi connectivity index (χ1v) is 7.50. The highest BCUT2D eigenvalue weighted by Gasteiger charge is 2.28. The lowest BCUT2D eigenvalue weighted by Gasteiger charge is -2.14. The Bertz CT molecular complexity index is 785. The van der Waals surface area contributed by atoms with Crippen molar-refractivity contribution < 1.29 is 28.5 Å². The molecule has 0 radical (unpaired) electrons. The Morgan fingerprint density at radius 2 is 2.12 bits per heavy atom. The number of nitrogens with zero attached hydrogens (tertiary/aromatic N) is 2. The Labute approximate surface area is 143 Å². The largest absolute Gasteiger partial charge is 0.493 e. The van der Waals surface area contributed by atoms with Crippen molar-refractivity contribution in [1.82, 2.24) is 5.16 Å². The number of carbonyl (C=O) groups is 1. The van der Waals surface area contributed by atoms with E-state index in [9.17, 15) is 14.9 Å². The van der Waals surface area contributed by atoms with Crippen LogP contribution in [0.1, 0.15) is 41.6 Å². The third-order valence-corrected chi connectivity index (χ3v) is 3.51. The monoisotopic (exact) mass is 350 g/mol. The standard InChI is InChI=1S/C16H18N2O7/c1-5-23-15-7-13(18(20)21)11(6-14(15)22-4)16(19)24-9(2)12-8-17-25-10(12)3/h6-9H,5H2,1-4H3/t9-/m1/s1. The summed E-state index contributed by atoms with van der Waals surface area (Å²) in [6, 6.07) is 2.38. The fourth-order valence-corrected chi connectivity index (χ4v) is 2.28. The van der Waals surface area contributed by atoms with Gasteiger partial charge in [0.1, 0.15) is 17.4 Å². The summed E-state index contributed by atoms with van der Waals surface area (Å²) >= 11 is 0. The summed E-state index contributed by atoms with van der Waals surface area (Å²) in [5.41, 5.74) is -0.0799. The fraction of sp³-hybridized carbons (Fsp3) is 0.375. The van der Waals surface area contributed by atoms with E-state index in [0.29, 0.717) is 17.9 Å². The van der Waals surface area contributed by atoms with Gasteiger partial charge in [-0.25, -0.2) is 4.79 Å². The number of methoxy groups -OCH3 is 1. The van der Waals surface area contributed by atoms with Crippen molar-refractivity contribution in [3.8, 4) is 11.5 Å². The molecule has 2 rings (SSSR count). The maximum Gasteiger partial charge on any atom is 0.345 e. The zero-order valence-corrected chi connectivity index (χ0v) is 14.3. The van der Waals surface area contributed by atoms with Crippen LogP contribution in [0.3, 0.4) is 0 Å². The molecule has 2 aromatic rings. The molecule has 0 aliphatic carbocycles. The number of ether oxygens (including phenoxy) is 3. The number of rotatable bonds is 7. The van der Waals surface area contributed by atoms with Crippen molar-refractivity contribution in [2.75, 3.05) is 13.7 Å². The van der Waals surface area contributed by atoms with Crippen molar-refractivity contribution in [3.63, 3.8) is 0 Å². The lowest BCUT2D eigenvalue weighted by Crippen LogP contribution is -2.12. The molecule has 0 amide bonds. The van der Waals surface area contributed by atoms with Crippen molar-refractivity contribution in [2.45, 2.75) is 26.9 Å². The van der Waals surface area contributed by atoms with Gasteiger partial charge in [0, 0.05) is 6.07 Å². The number of aryl methyl sites for hydroxylation is 1. The van der Waals surface area contributed by atoms with Crippen LogP contribution in [0.25, 0.3) is 0 Å². The predicted molar refractivity (Wildman–Crippen MR) is 85.9 cm³/mol. The van der Waals surface area contributed by atoms with Gasteiger partial charge in [-0.2, -0.15) is 0 Å². The van der Waals surface area contributed by atoms with Crippen LogP contribution in [0.2, 0.25) is 0 Å². The van der Waals surface area contributed by atoms with E-state index >= 15 is 0 Å². The van der Waals surface area contributed by atoms with E-state index in [1.807, 2.05) is 0 Å². The molecule has 0 fully saturated rings. The van der Waals surface area contributed by atoms with Crippen LogP contribution in [0, 0.1) is 17.0 Å². The summed E-state index contributed by atoms with van der Waals surface area (Å²) in [7, 11) is 1.38. The third-order valence-electron chi connectivity index (χ3n) is 3.51. The van der Waals surface area contributed by atoms with Gasteiger partial charge >= 0.3 is 5.97 Å². The van der Waals surface area contributed by atoms with Gasteiger partial charge in [0.15, 0.2) is 11.5 Å². The molecule has 0 spiro atoms. The lowest BCUT2D eigenvalue weighted by molar-refractivity contribution is -0.385. The molecule has 0 saturated heterocycles. The zero-order chi connectivity index (χ0) is 18.6. The Balaban J connectivity index is 2.37. The molecule has 1 atom stereocenters. The number of hydrogen-bond donors (Lipinski definition) is 0. The Morgan fingerprint density at radius 1 is 1.40 bits per heavy atom. The normalized spacial score (nSPS) is 11.7. The number of carbonyl (C=O) groups excluding carboxylic acids is 1. The summed E-state index contributed by atoms with van der Waals surface area (Å²) in [6.45, 7) is 5.32. The van der Waals surface area contributed by atoms with E-state index in [1.165, 1.54) is 19.4 Å². The molecule has 1 aromatic heterocycles. The molecule has 0 N–H and O–H groups in total. The highest BCUT2D eigenvalue weighted by molar-refractivity contribution is 5.95. The molecule has 0 bridgehead atoms. The van der Waals surface area contributed by atoms with Gasteiger partial charge < -0.3 is 18.7 Å². The molecule has 0 aliphatic heterocycles. The summed E-state index contributed by atoms with van der Waals surface area (Å²) < 4.78 is 20.7. The third kappa shape index (κ3) is 3.87. The van der Waals surface area contributed by atoms with Gasteiger partial charge in [0.25, 0.3) is 5.69 Å². The molecular weight excluding hydrogens is 332 g/mol. The van der Waals surface area contributed by atoms with Crippen LogP contribution in [0.5, 0.6) is 11.5 Å². The first kappa shape index (κ1) is 18.2. The molecule has 0 saturated carbocycles. The van der Waals surface area contributed by atoms with Gasteiger partial charge in [0.2, 0.25) is 0 Å². The number of hydrogen-bond acceptors (Lipinski definition) is 8. The quantitative estimate of drug-likeness (QED) is 0.425. The summed E-state index contributed by atoms with van der Waals surface area (Å²) in [6.07, 6.45) is 0.747. The van der Waals surface area contributed by atoms with Crippen LogP contribution in [-0.4, -0.2) is 29.8 Å². The molecule has 25 heavy (non-hydrogen) atoms. The minimum Gasteiger partial charge on any atom is -0.493 e. The first-order valence-electron chi connectivity index (χ1n) is 7.50. The van der Waals surface area contributed by atoms with Crippen molar-refractivity contribution in [2.24, 2.45) is 0 Å². The van der Waals surface area contributed by atoms with Crippen LogP contribution in [-0.2, 0) is 4.74 Å². The minimum absolute atomic E-state index is 0.177. The van der Waals surface area contributed by atoms with Gasteiger partial charge in [-0.15, -0.1) is 0 Å². The van der Waals surface area contributed by atoms with E-state index < -0.39 is 22.7 Å². The van der Waals surface area contributed by atoms with E-state index in [-0.39, 0.29) is 17.1 Å². The molecule has 9 nitrogen and oxygen atoms in total. The molecule has 1 heterocycles. The minimum atomic E-state index is -0.860. The molecule has 0 aliphatic rings.